The summed E-state index contributed by atoms with van der Waals surface area (Å²) in [6, 6.07) is 14.2. The van der Waals surface area contributed by atoms with Gasteiger partial charge in [-0.25, -0.2) is 8.42 Å². The fourth-order valence-electron chi connectivity index (χ4n) is 2.78. The van der Waals surface area contributed by atoms with Crippen molar-refractivity contribution in [2.45, 2.75) is 10.8 Å². The molecule has 27 heavy (non-hydrogen) atoms. The Hall–Kier alpha value is -3.11. The summed E-state index contributed by atoms with van der Waals surface area (Å²) in [7, 11) is -3.71. The van der Waals surface area contributed by atoms with E-state index in [0.717, 1.165) is 5.56 Å². The van der Waals surface area contributed by atoms with Crippen molar-refractivity contribution in [3.05, 3.63) is 70.6 Å². The average molecular weight is 386 g/mol. The highest BCUT2D eigenvalue weighted by Gasteiger charge is 2.40. The highest BCUT2D eigenvalue weighted by molar-refractivity contribution is 7.89. The van der Waals surface area contributed by atoms with Gasteiger partial charge in [-0.1, -0.05) is 35.5 Å². The molecule has 1 aromatic heterocycles. The first kappa shape index (κ1) is 17.3. The van der Waals surface area contributed by atoms with Gasteiger partial charge in [0.05, 0.1) is 15.7 Å². The van der Waals surface area contributed by atoms with Gasteiger partial charge in [0.15, 0.2) is 0 Å². The third-order valence-corrected chi connectivity index (χ3v) is 6.20. The SMILES string of the molecule is O=[N+]([O-])c1ccc(S(=O)(=O)N2CC(c3nc(-c4ccccc4)no3)C2)cc1. The zero-order valence-corrected chi connectivity index (χ0v) is 14.7. The lowest BCUT2D eigenvalue weighted by Crippen LogP contribution is -2.48. The van der Waals surface area contributed by atoms with Gasteiger partial charge in [0.2, 0.25) is 21.7 Å². The number of nitro benzene ring substituents is 1. The molecule has 2 aromatic carbocycles. The van der Waals surface area contributed by atoms with Crippen LogP contribution in [0.5, 0.6) is 0 Å². The standard InChI is InChI=1S/C17H14N4O5S/c22-21(23)14-6-8-15(9-7-14)27(24,25)20-10-13(11-20)17-18-16(19-26-17)12-4-2-1-3-5-12/h1-9,13H,10-11H2. The molecule has 0 aliphatic carbocycles. The average Bonchev–Trinajstić information content (AvgIpc) is 3.10. The maximum absolute atomic E-state index is 12.6. The van der Waals surface area contributed by atoms with Crippen molar-refractivity contribution in [3.8, 4) is 11.4 Å². The quantitative estimate of drug-likeness (QED) is 0.488. The minimum atomic E-state index is -3.71. The van der Waals surface area contributed by atoms with Gasteiger partial charge in [-0.05, 0) is 12.1 Å². The van der Waals surface area contributed by atoms with E-state index >= 15 is 0 Å². The first-order valence-electron chi connectivity index (χ1n) is 8.09. The van der Waals surface area contributed by atoms with Gasteiger partial charge in [-0.3, -0.25) is 10.1 Å². The smallest absolute Gasteiger partial charge is 0.269 e. The Kier molecular flexibility index (Phi) is 4.21. The van der Waals surface area contributed by atoms with Gasteiger partial charge >= 0.3 is 0 Å². The number of hydrogen-bond acceptors (Lipinski definition) is 7. The molecule has 0 spiro atoms. The van der Waals surface area contributed by atoms with E-state index in [0.29, 0.717) is 11.7 Å². The third-order valence-electron chi connectivity index (χ3n) is 4.36. The molecular weight excluding hydrogens is 372 g/mol. The number of sulfonamides is 1. The molecule has 3 aromatic rings. The highest BCUT2D eigenvalue weighted by atomic mass is 32.2. The summed E-state index contributed by atoms with van der Waals surface area (Å²) < 4.78 is 31.7. The minimum absolute atomic E-state index is 0.0158. The molecule has 0 saturated carbocycles. The Morgan fingerprint density at radius 2 is 1.74 bits per heavy atom. The summed E-state index contributed by atoms with van der Waals surface area (Å²) >= 11 is 0. The van der Waals surface area contributed by atoms with Crippen LogP contribution < -0.4 is 0 Å². The van der Waals surface area contributed by atoms with E-state index in [4.69, 9.17) is 4.52 Å². The topological polar surface area (TPSA) is 119 Å². The lowest BCUT2D eigenvalue weighted by atomic mass is 10.0. The van der Waals surface area contributed by atoms with E-state index in [1.807, 2.05) is 30.3 Å². The number of non-ortho nitro benzene ring substituents is 1. The summed E-state index contributed by atoms with van der Waals surface area (Å²) in [4.78, 5) is 14.5. The van der Waals surface area contributed by atoms with Crippen LogP contribution in [0.2, 0.25) is 0 Å². The molecule has 10 heteroatoms. The molecule has 9 nitrogen and oxygen atoms in total. The zero-order valence-electron chi connectivity index (χ0n) is 13.9. The van der Waals surface area contributed by atoms with E-state index in [9.17, 15) is 18.5 Å². The number of rotatable bonds is 5. The summed E-state index contributed by atoms with van der Waals surface area (Å²) in [6.45, 7) is 0.436. The van der Waals surface area contributed by atoms with Crippen LogP contribution in [0.15, 0.2) is 64.0 Å². The molecule has 4 rings (SSSR count). The van der Waals surface area contributed by atoms with Crippen molar-refractivity contribution in [2.24, 2.45) is 0 Å². The molecule has 1 saturated heterocycles. The Morgan fingerprint density at radius 1 is 1.07 bits per heavy atom. The Labute approximate surface area is 154 Å². The molecule has 1 aliphatic rings. The Morgan fingerprint density at radius 3 is 2.37 bits per heavy atom. The Bertz CT molecular complexity index is 1070. The third kappa shape index (κ3) is 3.20. The summed E-state index contributed by atoms with van der Waals surface area (Å²) in [5.74, 6) is 0.675. The summed E-state index contributed by atoms with van der Waals surface area (Å²) in [6.07, 6.45) is 0. The zero-order chi connectivity index (χ0) is 19.0. The second-order valence-corrected chi connectivity index (χ2v) is 8.03. The van der Waals surface area contributed by atoms with Crippen LogP contribution in [0.1, 0.15) is 11.8 Å². The normalized spacial score (nSPS) is 15.4. The monoisotopic (exact) mass is 386 g/mol. The van der Waals surface area contributed by atoms with E-state index in [-0.39, 0.29) is 29.6 Å². The van der Waals surface area contributed by atoms with Crippen LogP contribution in [0, 0.1) is 10.1 Å². The van der Waals surface area contributed by atoms with E-state index in [1.165, 1.54) is 28.6 Å². The summed E-state index contributed by atoms with van der Waals surface area (Å²) in [5.41, 5.74) is 0.664. The van der Waals surface area contributed by atoms with Crippen molar-refractivity contribution in [1.29, 1.82) is 0 Å². The number of nitrogens with zero attached hydrogens (tertiary/aromatic N) is 4. The predicted molar refractivity (Wildman–Crippen MR) is 94.3 cm³/mol. The second kappa shape index (κ2) is 6.56. The fourth-order valence-corrected chi connectivity index (χ4v) is 4.32. The van der Waals surface area contributed by atoms with Crippen LogP contribution >= 0.6 is 0 Å². The van der Waals surface area contributed by atoms with Gasteiger partial charge in [0.1, 0.15) is 0 Å². The fraction of sp³-hybridized carbons (Fsp3) is 0.176. The molecule has 0 radical (unpaired) electrons. The number of benzene rings is 2. The van der Waals surface area contributed by atoms with Gasteiger partial charge in [0.25, 0.3) is 5.69 Å². The van der Waals surface area contributed by atoms with E-state index in [1.54, 1.807) is 0 Å². The van der Waals surface area contributed by atoms with Gasteiger partial charge in [0, 0.05) is 30.8 Å². The van der Waals surface area contributed by atoms with Crippen LogP contribution in [-0.4, -0.2) is 40.9 Å². The van der Waals surface area contributed by atoms with Crippen molar-refractivity contribution >= 4 is 15.7 Å². The van der Waals surface area contributed by atoms with Crippen molar-refractivity contribution in [3.63, 3.8) is 0 Å². The molecule has 1 fully saturated rings. The molecule has 0 N–H and O–H groups in total. The van der Waals surface area contributed by atoms with Crippen LogP contribution in [-0.2, 0) is 10.0 Å². The van der Waals surface area contributed by atoms with Crippen molar-refractivity contribution in [1.82, 2.24) is 14.4 Å². The van der Waals surface area contributed by atoms with Crippen molar-refractivity contribution in [2.75, 3.05) is 13.1 Å². The molecular formula is C17H14N4O5S. The van der Waals surface area contributed by atoms with Gasteiger partial charge < -0.3 is 4.52 Å². The number of aromatic nitrogens is 2. The number of nitro groups is 1. The largest absolute Gasteiger partial charge is 0.339 e. The van der Waals surface area contributed by atoms with E-state index in [2.05, 4.69) is 10.1 Å². The first-order valence-corrected chi connectivity index (χ1v) is 9.53. The molecule has 0 amide bonds. The van der Waals surface area contributed by atoms with Crippen LogP contribution in [0.25, 0.3) is 11.4 Å². The summed E-state index contributed by atoms with van der Waals surface area (Å²) in [5, 5.41) is 14.6. The lowest BCUT2D eigenvalue weighted by Gasteiger charge is -2.35. The molecule has 138 valence electrons. The first-order chi connectivity index (χ1) is 12.9. The second-order valence-electron chi connectivity index (χ2n) is 6.09. The molecule has 0 unspecified atom stereocenters. The van der Waals surface area contributed by atoms with Crippen LogP contribution in [0.4, 0.5) is 5.69 Å². The van der Waals surface area contributed by atoms with Gasteiger partial charge in [-0.15, -0.1) is 0 Å². The van der Waals surface area contributed by atoms with Crippen LogP contribution in [0.3, 0.4) is 0 Å². The minimum Gasteiger partial charge on any atom is -0.339 e. The van der Waals surface area contributed by atoms with Crippen molar-refractivity contribution < 1.29 is 17.9 Å². The maximum atomic E-state index is 12.6. The van der Waals surface area contributed by atoms with E-state index < -0.39 is 14.9 Å². The Balaban J connectivity index is 1.46. The lowest BCUT2D eigenvalue weighted by molar-refractivity contribution is -0.384. The predicted octanol–water partition coefficient (Wildman–Crippen LogP) is 2.43. The molecule has 1 aliphatic heterocycles. The molecule has 0 bridgehead atoms. The van der Waals surface area contributed by atoms with Gasteiger partial charge in [-0.2, -0.15) is 9.29 Å². The molecule has 0 atom stereocenters. The molecule has 2 heterocycles. The maximum Gasteiger partial charge on any atom is 0.269 e. The highest BCUT2D eigenvalue weighted by Crippen LogP contribution is 2.32. The number of hydrogen-bond donors (Lipinski definition) is 0.